The van der Waals surface area contributed by atoms with Crippen LogP contribution in [0.2, 0.25) is 0 Å². The second-order valence-corrected chi connectivity index (χ2v) is 6.22. The van der Waals surface area contributed by atoms with Gasteiger partial charge in [0.2, 0.25) is 0 Å². The largest absolute Gasteiger partial charge is 0.353 e. The normalized spacial score (nSPS) is 21.2. The summed E-state index contributed by atoms with van der Waals surface area (Å²) in [5.41, 5.74) is 1.31. The number of nitrogens with one attached hydrogen (secondary N) is 1. The van der Waals surface area contributed by atoms with E-state index in [0.717, 1.165) is 25.5 Å². The van der Waals surface area contributed by atoms with Crippen molar-refractivity contribution in [3.8, 4) is 0 Å². The molecule has 0 amide bonds. The maximum atomic E-state index is 4.59. The minimum Gasteiger partial charge on any atom is -0.353 e. The summed E-state index contributed by atoms with van der Waals surface area (Å²) in [7, 11) is 2.20. The second kappa shape index (κ2) is 7.04. The first kappa shape index (κ1) is 15.3. The van der Waals surface area contributed by atoms with Gasteiger partial charge in [0.15, 0.2) is 0 Å². The predicted molar refractivity (Wildman–Crippen MR) is 85.1 cm³/mol. The fourth-order valence-corrected chi connectivity index (χ4v) is 2.76. The molecular weight excluding hydrogens is 248 g/mol. The molecule has 0 radical (unpaired) electrons. The first-order valence-corrected chi connectivity index (χ1v) is 7.69. The summed E-state index contributed by atoms with van der Waals surface area (Å²) in [5, 5.41) is 3.47. The topological polar surface area (TPSA) is 31.4 Å². The van der Waals surface area contributed by atoms with Crippen LogP contribution in [0, 0.1) is 0 Å². The van der Waals surface area contributed by atoms with Crippen molar-refractivity contribution in [2.75, 3.05) is 31.6 Å². The molecule has 0 aromatic carbocycles. The lowest BCUT2D eigenvalue weighted by atomic mass is 10.2. The van der Waals surface area contributed by atoms with Gasteiger partial charge in [-0.05, 0) is 44.6 Å². The minimum atomic E-state index is 0.511. The third kappa shape index (κ3) is 4.18. The average Bonchev–Trinajstić information content (AvgIpc) is 2.57. The SMILES string of the molecule is CC(C)NCc1ccnc(N2CCCN(C)CC2C)c1. The third-order valence-electron chi connectivity index (χ3n) is 3.87. The van der Waals surface area contributed by atoms with Crippen molar-refractivity contribution in [2.45, 2.75) is 45.8 Å². The van der Waals surface area contributed by atoms with Gasteiger partial charge in [-0.2, -0.15) is 0 Å². The molecule has 4 heteroatoms. The van der Waals surface area contributed by atoms with E-state index in [9.17, 15) is 0 Å². The molecule has 0 spiro atoms. The lowest BCUT2D eigenvalue weighted by Crippen LogP contribution is -2.38. The molecule has 1 aromatic heterocycles. The van der Waals surface area contributed by atoms with Gasteiger partial charge in [-0.3, -0.25) is 0 Å². The summed E-state index contributed by atoms with van der Waals surface area (Å²) < 4.78 is 0. The van der Waals surface area contributed by atoms with Gasteiger partial charge in [0.05, 0.1) is 0 Å². The minimum absolute atomic E-state index is 0.511. The summed E-state index contributed by atoms with van der Waals surface area (Å²) >= 11 is 0. The van der Waals surface area contributed by atoms with E-state index in [0.29, 0.717) is 12.1 Å². The first-order chi connectivity index (χ1) is 9.56. The molecule has 1 unspecified atom stereocenters. The Bertz CT molecular complexity index is 419. The number of anilines is 1. The van der Waals surface area contributed by atoms with Gasteiger partial charge in [0, 0.05) is 37.9 Å². The van der Waals surface area contributed by atoms with Crippen LogP contribution in [0.25, 0.3) is 0 Å². The van der Waals surface area contributed by atoms with Crippen LogP contribution < -0.4 is 10.2 Å². The predicted octanol–water partition coefficient (Wildman–Crippen LogP) is 2.11. The van der Waals surface area contributed by atoms with Gasteiger partial charge in [0.25, 0.3) is 0 Å². The molecule has 1 aliphatic rings. The fraction of sp³-hybridized carbons (Fsp3) is 0.688. The Hall–Kier alpha value is -1.13. The van der Waals surface area contributed by atoms with Crippen LogP contribution in [0.5, 0.6) is 0 Å². The maximum Gasteiger partial charge on any atom is 0.129 e. The molecule has 1 aromatic rings. The van der Waals surface area contributed by atoms with Crippen molar-refractivity contribution in [1.29, 1.82) is 0 Å². The number of pyridine rings is 1. The number of aromatic nitrogens is 1. The highest BCUT2D eigenvalue weighted by Crippen LogP contribution is 2.19. The zero-order valence-corrected chi connectivity index (χ0v) is 13.3. The molecule has 0 aliphatic carbocycles. The van der Waals surface area contributed by atoms with Crippen molar-refractivity contribution < 1.29 is 0 Å². The van der Waals surface area contributed by atoms with Crippen LogP contribution in [-0.2, 0) is 6.54 Å². The van der Waals surface area contributed by atoms with Crippen molar-refractivity contribution >= 4 is 5.82 Å². The van der Waals surface area contributed by atoms with E-state index in [2.05, 4.69) is 60.1 Å². The van der Waals surface area contributed by atoms with E-state index in [1.165, 1.54) is 18.5 Å². The summed E-state index contributed by atoms with van der Waals surface area (Å²) in [6, 6.07) is 5.37. The number of nitrogens with zero attached hydrogens (tertiary/aromatic N) is 3. The van der Waals surface area contributed by atoms with Crippen molar-refractivity contribution in [2.24, 2.45) is 0 Å². The zero-order valence-electron chi connectivity index (χ0n) is 13.3. The Labute approximate surface area is 123 Å². The van der Waals surface area contributed by atoms with Gasteiger partial charge in [0.1, 0.15) is 5.82 Å². The van der Waals surface area contributed by atoms with Crippen LogP contribution in [0.15, 0.2) is 18.3 Å². The lowest BCUT2D eigenvalue weighted by Gasteiger charge is -2.29. The van der Waals surface area contributed by atoms with E-state index < -0.39 is 0 Å². The highest BCUT2D eigenvalue weighted by atomic mass is 15.3. The molecule has 112 valence electrons. The first-order valence-electron chi connectivity index (χ1n) is 7.69. The van der Waals surface area contributed by atoms with E-state index in [1.807, 2.05) is 6.20 Å². The Kier molecular flexibility index (Phi) is 5.38. The molecule has 0 bridgehead atoms. The van der Waals surface area contributed by atoms with Gasteiger partial charge in [-0.15, -0.1) is 0 Å². The smallest absolute Gasteiger partial charge is 0.129 e. The van der Waals surface area contributed by atoms with Crippen LogP contribution in [0.1, 0.15) is 32.8 Å². The molecule has 0 saturated carbocycles. The standard InChI is InChI=1S/C16H28N4/c1-13(2)18-11-15-6-7-17-16(10-15)20-9-5-8-19(4)12-14(20)3/h6-7,10,13-14,18H,5,8-9,11-12H2,1-4H3. The summed E-state index contributed by atoms with van der Waals surface area (Å²) in [6.45, 7) is 10.9. The second-order valence-electron chi connectivity index (χ2n) is 6.22. The highest BCUT2D eigenvalue weighted by molar-refractivity contribution is 5.42. The Morgan fingerprint density at radius 1 is 1.40 bits per heavy atom. The molecule has 4 nitrogen and oxygen atoms in total. The summed E-state index contributed by atoms with van der Waals surface area (Å²) in [6.07, 6.45) is 3.14. The Balaban J connectivity index is 2.09. The van der Waals surface area contributed by atoms with E-state index in [1.54, 1.807) is 0 Å². The fourth-order valence-electron chi connectivity index (χ4n) is 2.76. The van der Waals surface area contributed by atoms with Crippen LogP contribution >= 0.6 is 0 Å². The summed E-state index contributed by atoms with van der Waals surface area (Å²) in [5.74, 6) is 1.12. The maximum absolute atomic E-state index is 4.59. The van der Waals surface area contributed by atoms with Gasteiger partial charge in [-0.1, -0.05) is 13.8 Å². The van der Waals surface area contributed by atoms with E-state index >= 15 is 0 Å². The number of hydrogen-bond donors (Lipinski definition) is 1. The molecule has 2 heterocycles. The molecule has 1 saturated heterocycles. The molecular formula is C16H28N4. The third-order valence-corrected chi connectivity index (χ3v) is 3.87. The zero-order chi connectivity index (χ0) is 14.5. The molecule has 2 rings (SSSR count). The lowest BCUT2D eigenvalue weighted by molar-refractivity contribution is 0.337. The van der Waals surface area contributed by atoms with E-state index in [-0.39, 0.29) is 0 Å². The van der Waals surface area contributed by atoms with Gasteiger partial charge in [-0.25, -0.2) is 4.98 Å². The molecule has 20 heavy (non-hydrogen) atoms. The van der Waals surface area contributed by atoms with E-state index in [4.69, 9.17) is 0 Å². The number of likely N-dealkylation sites (N-methyl/N-ethyl adjacent to an activating group) is 1. The quantitative estimate of drug-likeness (QED) is 0.912. The van der Waals surface area contributed by atoms with Crippen molar-refractivity contribution in [3.05, 3.63) is 23.9 Å². The molecule has 1 atom stereocenters. The number of hydrogen-bond acceptors (Lipinski definition) is 4. The van der Waals surface area contributed by atoms with Crippen LogP contribution in [-0.4, -0.2) is 48.6 Å². The van der Waals surface area contributed by atoms with Crippen molar-refractivity contribution in [1.82, 2.24) is 15.2 Å². The molecule has 1 N–H and O–H groups in total. The average molecular weight is 276 g/mol. The van der Waals surface area contributed by atoms with Crippen molar-refractivity contribution in [3.63, 3.8) is 0 Å². The highest BCUT2D eigenvalue weighted by Gasteiger charge is 2.20. The summed E-state index contributed by atoms with van der Waals surface area (Å²) in [4.78, 5) is 9.45. The molecule has 1 aliphatic heterocycles. The monoisotopic (exact) mass is 276 g/mol. The van der Waals surface area contributed by atoms with Gasteiger partial charge >= 0.3 is 0 Å². The number of rotatable bonds is 4. The van der Waals surface area contributed by atoms with Crippen LogP contribution in [0.3, 0.4) is 0 Å². The molecule has 1 fully saturated rings. The van der Waals surface area contributed by atoms with Gasteiger partial charge < -0.3 is 15.1 Å². The Morgan fingerprint density at radius 3 is 2.95 bits per heavy atom. The Morgan fingerprint density at radius 2 is 2.20 bits per heavy atom. The van der Waals surface area contributed by atoms with Crippen LogP contribution in [0.4, 0.5) is 5.82 Å².